The topological polar surface area (TPSA) is 87.0 Å². The van der Waals surface area contributed by atoms with Gasteiger partial charge in [0.1, 0.15) is 5.78 Å². The summed E-state index contributed by atoms with van der Waals surface area (Å²) in [5, 5.41) is 33.4. The molecule has 0 bridgehead atoms. The lowest BCUT2D eigenvalue weighted by atomic mass is 9.38. The van der Waals surface area contributed by atoms with Gasteiger partial charge in [0.15, 0.2) is 0 Å². The third kappa shape index (κ3) is 3.17. The highest BCUT2D eigenvalue weighted by atomic mass is 16.5. The third-order valence-corrected chi connectivity index (χ3v) is 11.8. The summed E-state index contributed by atoms with van der Waals surface area (Å²) in [4.78, 5) is 14.3. The molecule has 5 rings (SSSR count). The van der Waals surface area contributed by atoms with Crippen LogP contribution in [-0.2, 0) is 9.53 Å². The van der Waals surface area contributed by atoms with Crippen molar-refractivity contribution < 1.29 is 24.9 Å². The third-order valence-electron chi connectivity index (χ3n) is 11.8. The fourth-order valence-electron chi connectivity index (χ4n) is 10.0. The maximum atomic E-state index is 14.3. The van der Waals surface area contributed by atoms with Crippen LogP contribution in [0.4, 0.5) is 0 Å². The molecule has 4 fully saturated rings. The number of carbonyl (C=O) groups is 1. The van der Waals surface area contributed by atoms with Gasteiger partial charge in [-0.2, -0.15) is 0 Å². The van der Waals surface area contributed by atoms with Crippen molar-refractivity contribution >= 4 is 5.78 Å². The Bertz CT molecular complexity index is 989. The van der Waals surface area contributed by atoms with E-state index in [4.69, 9.17) is 4.74 Å². The van der Waals surface area contributed by atoms with Crippen molar-refractivity contribution in [3.63, 3.8) is 0 Å². The molecule has 1 heterocycles. The van der Waals surface area contributed by atoms with Gasteiger partial charge in [0.05, 0.1) is 30.0 Å². The lowest BCUT2D eigenvalue weighted by Gasteiger charge is -2.65. The molecule has 11 atom stereocenters. The Morgan fingerprint density at radius 3 is 2.34 bits per heavy atom. The molecular formula is C30H46O5. The minimum atomic E-state index is -0.914. The molecule has 0 spiro atoms. The van der Waals surface area contributed by atoms with E-state index in [1.165, 1.54) is 5.57 Å². The standard InChI is InChI=1S/C30H46O5/c1-16(2)11-17-13-29(7,34)24-21(35-17)14-27(5)22-10-9-18-19(12-20(31)25(33)26(18,3)4)30(22,8)23(32)15-28(24,27)6/h9,11,17,19-22,24-25,31,33-34H,10,12-15H2,1-8H3/t17-,19-,20+,21-,22+,24+,25+,27+,28-,29+,30+/m1/s1. The minimum Gasteiger partial charge on any atom is -0.390 e. The number of rotatable bonds is 1. The molecule has 4 aliphatic carbocycles. The predicted octanol–water partition coefficient (Wildman–Crippen LogP) is 4.59. The van der Waals surface area contributed by atoms with Gasteiger partial charge in [0.25, 0.3) is 0 Å². The van der Waals surface area contributed by atoms with Crippen molar-refractivity contribution in [1.29, 1.82) is 0 Å². The maximum absolute atomic E-state index is 14.3. The summed E-state index contributed by atoms with van der Waals surface area (Å²) < 4.78 is 6.66. The number of allylic oxidation sites excluding steroid dienone is 2. The highest BCUT2D eigenvalue weighted by molar-refractivity contribution is 5.88. The summed E-state index contributed by atoms with van der Waals surface area (Å²) in [6.45, 7) is 16.8. The molecule has 0 radical (unpaired) electrons. The van der Waals surface area contributed by atoms with Crippen LogP contribution in [0.2, 0.25) is 0 Å². The lowest BCUT2D eigenvalue weighted by molar-refractivity contribution is -0.202. The number of fused-ring (bicyclic) bond motifs is 7. The largest absolute Gasteiger partial charge is 0.390 e. The number of ether oxygens (including phenoxy) is 1. The van der Waals surface area contributed by atoms with Crippen molar-refractivity contribution in [2.24, 2.45) is 39.4 Å². The van der Waals surface area contributed by atoms with Gasteiger partial charge in [-0.3, -0.25) is 4.79 Å². The van der Waals surface area contributed by atoms with E-state index < -0.39 is 28.6 Å². The Morgan fingerprint density at radius 1 is 1.06 bits per heavy atom. The van der Waals surface area contributed by atoms with Crippen molar-refractivity contribution in [1.82, 2.24) is 0 Å². The van der Waals surface area contributed by atoms with Gasteiger partial charge in [-0.1, -0.05) is 57.9 Å². The van der Waals surface area contributed by atoms with Crippen LogP contribution in [0.1, 0.15) is 87.5 Å². The zero-order chi connectivity index (χ0) is 25.9. The van der Waals surface area contributed by atoms with Crippen LogP contribution in [-0.4, -0.2) is 51.1 Å². The van der Waals surface area contributed by atoms with E-state index in [-0.39, 0.29) is 46.6 Å². The summed E-state index contributed by atoms with van der Waals surface area (Å²) in [7, 11) is 0. The van der Waals surface area contributed by atoms with Crippen LogP contribution in [0.15, 0.2) is 23.3 Å². The molecular weight excluding hydrogens is 440 g/mol. The van der Waals surface area contributed by atoms with E-state index in [0.717, 1.165) is 18.4 Å². The number of carbonyl (C=O) groups excluding carboxylic acids is 1. The van der Waals surface area contributed by atoms with E-state index in [9.17, 15) is 20.1 Å². The fraction of sp³-hybridized carbons (Fsp3) is 0.833. The van der Waals surface area contributed by atoms with E-state index in [0.29, 0.717) is 19.3 Å². The van der Waals surface area contributed by atoms with E-state index in [2.05, 4.69) is 46.8 Å². The fourth-order valence-corrected chi connectivity index (χ4v) is 10.0. The van der Waals surface area contributed by atoms with Crippen LogP contribution in [0.5, 0.6) is 0 Å². The number of hydrogen-bond acceptors (Lipinski definition) is 5. The first kappa shape index (κ1) is 25.6. The lowest BCUT2D eigenvalue weighted by Crippen LogP contribution is -2.65. The van der Waals surface area contributed by atoms with Crippen LogP contribution in [0.25, 0.3) is 0 Å². The molecule has 0 aromatic carbocycles. The average Bonchev–Trinajstić information content (AvgIpc) is 2.93. The van der Waals surface area contributed by atoms with Crippen molar-refractivity contribution in [3.8, 4) is 0 Å². The van der Waals surface area contributed by atoms with Crippen molar-refractivity contribution in [2.75, 3.05) is 0 Å². The van der Waals surface area contributed by atoms with Gasteiger partial charge < -0.3 is 20.1 Å². The quantitative estimate of drug-likeness (QED) is 0.472. The van der Waals surface area contributed by atoms with E-state index in [1.807, 2.05) is 20.8 Å². The Hall–Kier alpha value is -1.01. The molecule has 1 saturated heterocycles. The first-order valence-corrected chi connectivity index (χ1v) is 13.6. The smallest absolute Gasteiger partial charge is 0.140 e. The molecule has 1 aliphatic heterocycles. The van der Waals surface area contributed by atoms with E-state index in [1.54, 1.807) is 0 Å². The zero-order valence-electron chi connectivity index (χ0n) is 22.9. The SMILES string of the molecule is CC(C)=C[C@@H]1C[C@](C)(O)[C@H]2[C@@H](C[C@@]3(C)[C@@H]4CC=C5[C@@H](C[C@H](O)[C@H](O)C5(C)C)[C@]4(C)C(=O)C[C@]23C)O1. The van der Waals surface area contributed by atoms with E-state index >= 15 is 0 Å². The highest BCUT2D eigenvalue weighted by Crippen LogP contribution is 2.75. The minimum absolute atomic E-state index is 0.0778. The summed E-state index contributed by atoms with van der Waals surface area (Å²) >= 11 is 0. The maximum Gasteiger partial charge on any atom is 0.140 e. The first-order chi connectivity index (χ1) is 16.0. The number of hydrogen-bond donors (Lipinski definition) is 3. The highest BCUT2D eigenvalue weighted by Gasteiger charge is 2.75. The van der Waals surface area contributed by atoms with Gasteiger partial charge in [0, 0.05) is 29.6 Å². The zero-order valence-corrected chi connectivity index (χ0v) is 22.9. The van der Waals surface area contributed by atoms with Gasteiger partial charge in [-0.25, -0.2) is 0 Å². The molecule has 0 unspecified atom stereocenters. The van der Waals surface area contributed by atoms with Crippen LogP contribution >= 0.6 is 0 Å². The van der Waals surface area contributed by atoms with Gasteiger partial charge in [-0.05, 0) is 62.7 Å². The number of Topliss-reactive ketones (excluding diaryl/α,β-unsaturated/α-hetero) is 1. The second-order valence-electron chi connectivity index (χ2n) is 14.4. The molecule has 196 valence electrons. The summed E-state index contributed by atoms with van der Waals surface area (Å²) in [6.07, 6.45) is 5.55. The van der Waals surface area contributed by atoms with Crippen LogP contribution in [0.3, 0.4) is 0 Å². The number of ketones is 1. The summed E-state index contributed by atoms with van der Waals surface area (Å²) in [5.74, 6) is 0.169. The van der Waals surface area contributed by atoms with Crippen molar-refractivity contribution in [2.45, 2.75) is 118 Å². The van der Waals surface area contributed by atoms with Gasteiger partial charge >= 0.3 is 0 Å². The molecule has 5 heteroatoms. The molecule has 5 nitrogen and oxygen atoms in total. The number of aliphatic hydroxyl groups is 3. The monoisotopic (exact) mass is 486 g/mol. The predicted molar refractivity (Wildman–Crippen MR) is 135 cm³/mol. The molecule has 0 amide bonds. The second kappa shape index (κ2) is 7.52. The molecule has 3 N–H and O–H groups in total. The van der Waals surface area contributed by atoms with Crippen LogP contribution < -0.4 is 0 Å². The molecule has 5 aliphatic rings. The Balaban J connectivity index is 1.60. The average molecular weight is 487 g/mol. The van der Waals surface area contributed by atoms with Gasteiger partial charge in [-0.15, -0.1) is 0 Å². The Morgan fingerprint density at radius 2 is 1.71 bits per heavy atom. The Labute approximate surface area is 211 Å². The summed E-state index contributed by atoms with van der Waals surface area (Å²) in [5.41, 5.74) is -0.319. The molecule has 0 aromatic heterocycles. The molecule has 35 heavy (non-hydrogen) atoms. The van der Waals surface area contributed by atoms with Gasteiger partial charge in [0.2, 0.25) is 0 Å². The Kier molecular flexibility index (Phi) is 5.51. The number of aliphatic hydroxyl groups excluding tert-OH is 2. The summed E-state index contributed by atoms with van der Waals surface area (Å²) in [6, 6.07) is 0. The van der Waals surface area contributed by atoms with Crippen molar-refractivity contribution in [3.05, 3.63) is 23.3 Å². The van der Waals surface area contributed by atoms with Crippen LogP contribution in [0, 0.1) is 39.4 Å². The second-order valence-corrected chi connectivity index (χ2v) is 14.4. The normalized spacial score (nSPS) is 54.7. The molecule has 0 aromatic rings. The first-order valence-electron chi connectivity index (χ1n) is 13.6. The molecule has 3 saturated carbocycles.